The number of rotatable bonds is 1. The van der Waals surface area contributed by atoms with E-state index in [-0.39, 0.29) is 18.1 Å². The summed E-state index contributed by atoms with van der Waals surface area (Å²) < 4.78 is 15.6. The van der Waals surface area contributed by atoms with Crippen molar-refractivity contribution in [1.29, 1.82) is 0 Å². The Hall–Kier alpha value is -2.29. The van der Waals surface area contributed by atoms with Gasteiger partial charge in [-0.15, -0.1) is 0 Å². The molecule has 0 radical (unpaired) electrons. The van der Waals surface area contributed by atoms with E-state index in [2.05, 4.69) is 38.4 Å². The number of hydrogen-bond acceptors (Lipinski definition) is 4. The first-order valence-corrected chi connectivity index (χ1v) is 10.4. The number of β-amino-alcohol motifs (C(OH)–C–C–N with tert-alkyl or cyclic N) is 1. The highest BCUT2D eigenvalue weighted by molar-refractivity contribution is 9.10. The lowest BCUT2D eigenvalue weighted by Gasteiger charge is -2.48. The number of pyridine rings is 1. The molecule has 2 aliphatic heterocycles. The molecular weight excluding hydrogens is 439 g/mol. The standard InChI is InChI=1S/C21H20BrFN4O2/c22-16-7-15(23)10-27-11-17(25-19(16)27)20(29)26-6-5-21(18(28)12-26)8-13-3-1-2-4-14(13)9-24-21/h1-4,7,10-11,18,24,28H,5-6,8-9,12H2/t18-,21+/m1/s1. The summed E-state index contributed by atoms with van der Waals surface area (Å²) in [5, 5.41) is 14.5. The van der Waals surface area contributed by atoms with Crippen LogP contribution in [0, 0.1) is 5.82 Å². The highest BCUT2D eigenvalue weighted by Crippen LogP contribution is 2.32. The van der Waals surface area contributed by atoms with Gasteiger partial charge in [0.05, 0.1) is 16.1 Å². The molecule has 1 fully saturated rings. The van der Waals surface area contributed by atoms with E-state index in [1.54, 1.807) is 4.90 Å². The fourth-order valence-corrected chi connectivity index (χ4v) is 4.95. The van der Waals surface area contributed by atoms with Crippen molar-refractivity contribution in [2.24, 2.45) is 0 Å². The fraction of sp³-hybridized carbons (Fsp3) is 0.333. The molecule has 0 unspecified atom stereocenters. The topological polar surface area (TPSA) is 69.9 Å². The monoisotopic (exact) mass is 458 g/mol. The van der Waals surface area contributed by atoms with Crippen LogP contribution in [0.5, 0.6) is 0 Å². The predicted octanol–water partition coefficient (Wildman–Crippen LogP) is 2.53. The minimum Gasteiger partial charge on any atom is -0.389 e. The Labute approximate surface area is 175 Å². The number of imidazole rings is 1. The summed E-state index contributed by atoms with van der Waals surface area (Å²) in [6, 6.07) is 9.57. The average molecular weight is 459 g/mol. The number of aromatic nitrogens is 2. The number of nitrogens with zero attached hydrogens (tertiary/aromatic N) is 3. The minimum absolute atomic E-state index is 0.234. The number of carbonyl (C=O) groups excluding carboxylic acids is 1. The summed E-state index contributed by atoms with van der Waals surface area (Å²) in [5.74, 6) is -0.675. The Morgan fingerprint density at radius 3 is 2.90 bits per heavy atom. The molecule has 0 aliphatic carbocycles. The zero-order valence-electron chi connectivity index (χ0n) is 15.6. The summed E-state index contributed by atoms with van der Waals surface area (Å²) in [5.41, 5.74) is 2.80. The third-order valence-electron chi connectivity index (χ3n) is 6.09. The second kappa shape index (κ2) is 6.90. The number of benzene rings is 1. The van der Waals surface area contributed by atoms with Crippen LogP contribution in [0.4, 0.5) is 4.39 Å². The van der Waals surface area contributed by atoms with Gasteiger partial charge in [-0.05, 0) is 46.0 Å². The number of carbonyl (C=O) groups is 1. The van der Waals surface area contributed by atoms with Crippen LogP contribution in [0.3, 0.4) is 0 Å². The number of hydrogen-bond donors (Lipinski definition) is 2. The molecule has 0 saturated carbocycles. The van der Waals surface area contributed by atoms with Gasteiger partial charge in [0.2, 0.25) is 0 Å². The number of amides is 1. The maximum Gasteiger partial charge on any atom is 0.274 e. The van der Waals surface area contributed by atoms with E-state index >= 15 is 0 Å². The van der Waals surface area contributed by atoms with Crippen LogP contribution in [0.1, 0.15) is 28.0 Å². The van der Waals surface area contributed by atoms with Crippen molar-refractivity contribution < 1.29 is 14.3 Å². The molecule has 4 heterocycles. The van der Waals surface area contributed by atoms with Gasteiger partial charge in [-0.1, -0.05) is 24.3 Å². The van der Waals surface area contributed by atoms with E-state index in [9.17, 15) is 14.3 Å². The number of aliphatic hydroxyl groups is 1. The van der Waals surface area contributed by atoms with Crippen LogP contribution in [0.2, 0.25) is 0 Å². The molecule has 6 nitrogen and oxygen atoms in total. The Bertz CT molecular complexity index is 1120. The molecule has 2 atom stereocenters. The molecular formula is C21H20BrFN4O2. The highest BCUT2D eigenvalue weighted by Gasteiger charge is 2.45. The first-order chi connectivity index (χ1) is 13.9. The number of piperidine rings is 1. The maximum atomic E-state index is 13.6. The molecule has 150 valence electrons. The molecule has 29 heavy (non-hydrogen) atoms. The van der Waals surface area contributed by atoms with Crippen LogP contribution in [-0.2, 0) is 13.0 Å². The lowest BCUT2D eigenvalue weighted by Crippen LogP contribution is -2.65. The Kier molecular flexibility index (Phi) is 4.45. The van der Waals surface area contributed by atoms with Crippen molar-refractivity contribution in [2.45, 2.75) is 31.0 Å². The van der Waals surface area contributed by atoms with E-state index in [1.165, 1.54) is 34.0 Å². The van der Waals surface area contributed by atoms with Crippen molar-refractivity contribution in [2.75, 3.05) is 13.1 Å². The average Bonchev–Trinajstić information content (AvgIpc) is 3.14. The quantitative estimate of drug-likeness (QED) is 0.587. The molecule has 2 N–H and O–H groups in total. The summed E-state index contributed by atoms with van der Waals surface area (Å²) in [6.07, 6.45) is 3.52. The van der Waals surface area contributed by atoms with Gasteiger partial charge in [0, 0.05) is 32.0 Å². The van der Waals surface area contributed by atoms with Crippen LogP contribution in [-0.4, -0.2) is 50.0 Å². The number of nitrogens with one attached hydrogen (secondary N) is 1. The zero-order valence-corrected chi connectivity index (χ0v) is 17.2. The van der Waals surface area contributed by atoms with Gasteiger partial charge in [-0.2, -0.15) is 0 Å². The van der Waals surface area contributed by atoms with Crippen molar-refractivity contribution in [3.63, 3.8) is 0 Å². The van der Waals surface area contributed by atoms with Crippen LogP contribution in [0.15, 0.2) is 47.2 Å². The van der Waals surface area contributed by atoms with E-state index in [1.807, 2.05) is 12.1 Å². The molecule has 0 bridgehead atoms. The van der Waals surface area contributed by atoms with Crippen molar-refractivity contribution in [3.05, 3.63) is 69.8 Å². The lowest BCUT2D eigenvalue weighted by molar-refractivity contribution is -0.0140. The molecule has 2 aliphatic rings. The van der Waals surface area contributed by atoms with E-state index in [4.69, 9.17) is 0 Å². The third kappa shape index (κ3) is 3.15. The SMILES string of the molecule is O=C(c1cn2cc(F)cc(Br)c2n1)N1CC[C@]2(Cc3ccccc3CN2)[C@H](O)C1. The van der Waals surface area contributed by atoms with Gasteiger partial charge in [-0.25, -0.2) is 9.37 Å². The lowest BCUT2D eigenvalue weighted by atomic mass is 9.76. The molecule has 1 aromatic carbocycles. The molecule has 2 aromatic heterocycles. The number of aliphatic hydroxyl groups excluding tert-OH is 1. The summed E-state index contributed by atoms with van der Waals surface area (Å²) in [4.78, 5) is 19.0. The van der Waals surface area contributed by atoms with Crippen molar-refractivity contribution >= 4 is 27.5 Å². The number of likely N-dealkylation sites (tertiary alicyclic amines) is 1. The van der Waals surface area contributed by atoms with Crippen molar-refractivity contribution in [1.82, 2.24) is 19.6 Å². The first-order valence-electron chi connectivity index (χ1n) is 9.58. The summed E-state index contributed by atoms with van der Waals surface area (Å²) >= 11 is 3.28. The largest absolute Gasteiger partial charge is 0.389 e. The van der Waals surface area contributed by atoms with E-state index in [0.29, 0.717) is 29.6 Å². The molecule has 5 rings (SSSR count). The second-order valence-electron chi connectivity index (χ2n) is 7.84. The van der Waals surface area contributed by atoms with Crippen molar-refractivity contribution in [3.8, 4) is 0 Å². The van der Waals surface area contributed by atoms with Gasteiger partial charge in [-0.3, -0.25) is 4.79 Å². The number of fused-ring (bicyclic) bond motifs is 2. The number of halogens is 2. The van der Waals surface area contributed by atoms with Gasteiger partial charge >= 0.3 is 0 Å². The Morgan fingerprint density at radius 2 is 2.10 bits per heavy atom. The van der Waals surface area contributed by atoms with E-state index in [0.717, 1.165) is 6.42 Å². The van der Waals surface area contributed by atoms with Gasteiger partial charge in [0.25, 0.3) is 5.91 Å². The molecule has 3 aromatic rings. The smallest absolute Gasteiger partial charge is 0.274 e. The van der Waals surface area contributed by atoms with Gasteiger partial charge in [0.1, 0.15) is 11.5 Å². The zero-order chi connectivity index (χ0) is 20.2. The predicted molar refractivity (Wildman–Crippen MR) is 109 cm³/mol. The second-order valence-corrected chi connectivity index (χ2v) is 8.69. The normalized spacial score (nSPS) is 24.1. The summed E-state index contributed by atoms with van der Waals surface area (Å²) in [7, 11) is 0. The third-order valence-corrected chi connectivity index (χ3v) is 6.68. The van der Waals surface area contributed by atoms with E-state index < -0.39 is 17.5 Å². The first kappa shape index (κ1) is 18.7. The fourth-order valence-electron chi connectivity index (χ4n) is 4.44. The van der Waals surface area contributed by atoms with Crippen LogP contribution < -0.4 is 5.32 Å². The summed E-state index contributed by atoms with van der Waals surface area (Å²) in [6.45, 7) is 1.47. The Morgan fingerprint density at radius 1 is 1.31 bits per heavy atom. The Balaban J connectivity index is 1.36. The van der Waals surface area contributed by atoms with Crippen LogP contribution >= 0.6 is 15.9 Å². The molecule has 8 heteroatoms. The highest BCUT2D eigenvalue weighted by atomic mass is 79.9. The maximum absolute atomic E-state index is 13.6. The molecule has 1 amide bonds. The van der Waals surface area contributed by atoms with Crippen LogP contribution in [0.25, 0.3) is 5.65 Å². The minimum atomic E-state index is -0.685. The van der Waals surface area contributed by atoms with Gasteiger partial charge in [0.15, 0.2) is 5.65 Å². The molecule has 1 saturated heterocycles. The van der Waals surface area contributed by atoms with Gasteiger partial charge < -0.3 is 19.7 Å². The molecule has 1 spiro atoms.